The summed E-state index contributed by atoms with van der Waals surface area (Å²) in [4.78, 5) is 0. The number of fused-ring (bicyclic) bond motifs is 6. The van der Waals surface area contributed by atoms with Gasteiger partial charge in [0, 0.05) is 39.1 Å². The summed E-state index contributed by atoms with van der Waals surface area (Å²) in [5, 5.41) is 2.50. The number of hydrogen-bond donors (Lipinski definition) is 1. The molecule has 2 aliphatic rings. The van der Waals surface area contributed by atoms with Crippen LogP contribution in [0.3, 0.4) is 0 Å². The summed E-state index contributed by atoms with van der Waals surface area (Å²) in [5.74, 6) is 1.11. The Morgan fingerprint density at radius 3 is 2.09 bits per heavy atom. The first-order valence-corrected chi connectivity index (χ1v) is 11.3. The number of benzene rings is 4. The third kappa shape index (κ3) is 2.63. The van der Waals surface area contributed by atoms with Gasteiger partial charge in [0.25, 0.3) is 0 Å². The molecular weight excluding hydrogens is 404 g/mol. The second-order valence-corrected chi connectivity index (χ2v) is 8.74. The maximum Gasteiger partial charge on any atom is 0.130 e. The zero-order valence-corrected chi connectivity index (χ0v) is 18.0. The maximum absolute atomic E-state index is 6.65. The highest BCUT2D eigenvalue weighted by molar-refractivity contribution is 6.09. The smallest absolute Gasteiger partial charge is 0.130 e. The second kappa shape index (κ2) is 6.88. The fourth-order valence-corrected chi connectivity index (χ4v) is 5.45. The van der Waals surface area contributed by atoms with E-state index in [9.17, 15) is 0 Å². The van der Waals surface area contributed by atoms with Crippen molar-refractivity contribution >= 4 is 27.4 Å². The lowest BCUT2D eigenvalue weighted by Crippen LogP contribution is -2.22. The fraction of sp³-hybridized carbons (Fsp3) is 0.0667. The number of rotatable bonds is 2. The summed E-state index contributed by atoms with van der Waals surface area (Å²) in [6.07, 6.45) is 4.31. The van der Waals surface area contributed by atoms with Gasteiger partial charge in [-0.2, -0.15) is 0 Å². The molecule has 1 aliphatic carbocycles. The normalized spacial score (nSPS) is 19.0. The van der Waals surface area contributed by atoms with E-state index in [4.69, 9.17) is 10.5 Å². The lowest BCUT2D eigenvalue weighted by Gasteiger charge is -2.24. The highest BCUT2D eigenvalue weighted by atomic mass is 16.5. The minimum Gasteiger partial charge on any atom is -0.485 e. The highest BCUT2D eigenvalue weighted by Gasteiger charge is 2.35. The van der Waals surface area contributed by atoms with E-state index in [1.54, 1.807) is 0 Å². The van der Waals surface area contributed by atoms with Gasteiger partial charge in [0.1, 0.15) is 11.9 Å². The van der Waals surface area contributed by atoms with Crippen molar-refractivity contribution < 1.29 is 4.74 Å². The number of allylic oxidation sites excluding steroid dienone is 1. The van der Waals surface area contributed by atoms with Gasteiger partial charge in [0.2, 0.25) is 0 Å². The third-order valence-electron chi connectivity index (χ3n) is 6.91. The van der Waals surface area contributed by atoms with Gasteiger partial charge in [-0.3, -0.25) is 0 Å². The molecule has 33 heavy (non-hydrogen) atoms. The molecule has 0 amide bonds. The number of nitrogens with two attached hydrogens (primary N) is 1. The molecule has 0 bridgehead atoms. The molecule has 0 saturated carbocycles. The van der Waals surface area contributed by atoms with E-state index in [-0.39, 0.29) is 12.0 Å². The number of ether oxygens (including phenoxy) is 1. The zero-order valence-electron chi connectivity index (χ0n) is 18.0. The molecule has 1 aromatic heterocycles. The van der Waals surface area contributed by atoms with E-state index in [0.717, 1.165) is 28.3 Å². The van der Waals surface area contributed by atoms with Crippen LogP contribution in [0, 0.1) is 0 Å². The van der Waals surface area contributed by atoms with E-state index in [1.165, 1.54) is 27.4 Å². The molecule has 0 fully saturated rings. The molecule has 2 heterocycles. The molecular formula is C30H22N2O. The molecule has 7 rings (SSSR count). The Kier molecular flexibility index (Phi) is 3.82. The molecule has 2 N–H and O–H groups in total. The Morgan fingerprint density at radius 1 is 0.667 bits per heavy atom. The lowest BCUT2D eigenvalue weighted by molar-refractivity contribution is 0.268. The van der Waals surface area contributed by atoms with Gasteiger partial charge < -0.3 is 15.0 Å². The molecule has 0 saturated heterocycles. The molecule has 0 spiro atoms. The Bertz CT molecular complexity index is 1570. The van der Waals surface area contributed by atoms with Crippen LogP contribution in [-0.4, -0.2) is 10.7 Å². The average Bonchev–Trinajstić information content (AvgIpc) is 3.38. The molecule has 3 nitrogen and oxygen atoms in total. The van der Waals surface area contributed by atoms with Crippen molar-refractivity contribution in [3.8, 4) is 11.4 Å². The summed E-state index contributed by atoms with van der Waals surface area (Å²) < 4.78 is 8.54. The van der Waals surface area contributed by atoms with Gasteiger partial charge in [0.15, 0.2) is 0 Å². The Morgan fingerprint density at radius 2 is 1.30 bits per heavy atom. The van der Waals surface area contributed by atoms with Crippen molar-refractivity contribution in [2.24, 2.45) is 5.73 Å². The predicted octanol–water partition coefficient (Wildman–Crippen LogP) is 6.57. The topological polar surface area (TPSA) is 40.2 Å². The van der Waals surface area contributed by atoms with Crippen molar-refractivity contribution in [3.05, 3.63) is 126 Å². The van der Waals surface area contributed by atoms with Crippen LogP contribution in [0.2, 0.25) is 0 Å². The quantitative estimate of drug-likeness (QED) is 0.347. The number of aromatic nitrogens is 1. The number of hydrogen-bond acceptors (Lipinski definition) is 2. The third-order valence-corrected chi connectivity index (χ3v) is 6.91. The fourth-order valence-electron chi connectivity index (χ4n) is 5.45. The van der Waals surface area contributed by atoms with Crippen LogP contribution in [0.1, 0.15) is 17.0 Å². The van der Waals surface area contributed by atoms with Crippen LogP contribution in [-0.2, 0) is 0 Å². The lowest BCUT2D eigenvalue weighted by atomic mass is 9.85. The summed E-state index contributed by atoms with van der Waals surface area (Å²) in [7, 11) is 0. The maximum atomic E-state index is 6.65. The summed E-state index contributed by atoms with van der Waals surface area (Å²) >= 11 is 0. The van der Waals surface area contributed by atoms with Crippen molar-refractivity contribution in [1.82, 2.24) is 4.57 Å². The molecule has 4 aromatic carbocycles. The number of para-hydroxylation sites is 4. The average molecular weight is 427 g/mol. The van der Waals surface area contributed by atoms with Crippen LogP contribution < -0.4 is 10.5 Å². The van der Waals surface area contributed by atoms with Crippen LogP contribution >= 0.6 is 0 Å². The molecule has 2 unspecified atom stereocenters. The summed E-state index contributed by atoms with van der Waals surface area (Å²) in [6, 6.07) is 34.0. The Balaban J connectivity index is 1.48. The minimum absolute atomic E-state index is 0.0495. The van der Waals surface area contributed by atoms with E-state index in [0.29, 0.717) is 0 Å². The standard InChI is InChI=1S/C30H22N2O/c31-25-18-30-24(22-12-4-8-16-29(22)33-30)17-23(25)21-11-3-7-15-28(21)32-26-13-5-1-9-19(26)20-10-2-6-14-27(20)32/h1-18,24,30H,31H2. The molecule has 5 aromatic rings. The van der Waals surface area contributed by atoms with Crippen molar-refractivity contribution in [1.29, 1.82) is 0 Å². The van der Waals surface area contributed by atoms with Crippen molar-refractivity contribution in [3.63, 3.8) is 0 Å². The van der Waals surface area contributed by atoms with Crippen molar-refractivity contribution in [2.45, 2.75) is 12.0 Å². The van der Waals surface area contributed by atoms with E-state index >= 15 is 0 Å². The molecule has 2 atom stereocenters. The van der Waals surface area contributed by atoms with Gasteiger partial charge >= 0.3 is 0 Å². The monoisotopic (exact) mass is 426 g/mol. The summed E-state index contributed by atoms with van der Waals surface area (Å²) in [5.41, 5.74) is 14.3. The van der Waals surface area contributed by atoms with E-state index in [1.807, 2.05) is 12.1 Å². The van der Waals surface area contributed by atoms with E-state index < -0.39 is 0 Å². The SMILES string of the molecule is NC1=CC2Oc3ccccc3C2C=C1c1ccccc1-n1c2ccccc2c2ccccc21. The first-order valence-electron chi connectivity index (χ1n) is 11.3. The van der Waals surface area contributed by atoms with Crippen LogP contribution in [0.4, 0.5) is 0 Å². The molecule has 1 aliphatic heterocycles. The van der Waals surface area contributed by atoms with Crippen molar-refractivity contribution in [2.75, 3.05) is 0 Å². The molecule has 0 radical (unpaired) electrons. The van der Waals surface area contributed by atoms with Gasteiger partial charge in [-0.05, 0) is 30.3 Å². The first kappa shape index (κ1) is 18.3. The molecule has 158 valence electrons. The zero-order chi connectivity index (χ0) is 21.9. The van der Waals surface area contributed by atoms with Gasteiger partial charge in [-0.25, -0.2) is 0 Å². The van der Waals surface area contributed by atoms with Crippen LogP contribution in [0.25, 0.3) is 33.1 Å². The van der Waals surface area contributed by atoms with Gasteiger partial charge in [-0.1, -0.05) is 78.9 Å². The second-order valence-electron chi connectivity index (χ2n) is 8.74. The predicted molar refractivity (Wildman–Crippen MR) is 135 cm³/mol. The largest absolute Gasteiger partial charge is 0.485 e. The van der Waals surface area contributed by atoms with Gasteiger partial charge in [0.05, 0.1) is 16.7 Å². The van der Waals surface area contributed by atoms with Crippen LogP contribution in [0.5, 0.6) is 5.75 Å². The van der Waals surface area contributed by atoms with Crippen LogP contribution in [0.15, 0.2) is 115 Å². The molecule has 3 heteroatoms. The highest BCUT2D eigenvalue weighted by Crippen LogP contribution is 2.45. The minimum atomic E-state index is -0.0495. The van der Waals surface area contributed by atoms with E-state index in [2.05, 4.69) is 102 Å². The number of nitrogens with zero attached hydrogens (tertiary/aromatic N) is 1. The Labute approximate surface area is 192 Å². The van der Waals surface area contributed by atoms with Gasteiger partial charge in [-0.15, -0.1) is 0 Å². The summed E-state index contributed by atoms with van der Waals surface area (Å²) in [6.45, 7) is 0. The first-order chi connectivity index (χ1) is 16.3. The Hall–Kier alpha value is -4.24.